The Hall–Kier alpha value is -1.09. The van der Waals surface area contributed by atoms with Crippen molar-refractivity contribution in [1.82, 2.24) is 4.98 Å². The second-order valence-electron chi connectivity index (χ2n) is 2.26. The van der Waals surface area contributed by atoms with Crippen molar-refractivity contribution in [3.05, 3.63) is 23.4 Å². The molecule has 1 heterocycles. The van der Waals surface area contributed by atoms with Gasteiger partial charge in [0.25, 0.3) is 0 Å². The number of ether oxygens (including phenoxy) is 1. The van der Waals surface area contributed by atoms with Gasteiger partial charge in [0.05, 0.1) is 13.7 Å². The number of aliphatic hydroxyl groups is 1. The highest BCUT2D eigenvalue weighted by Gasteiger charge is 2.02. The molecule has 0 atom stereocenters. The fraction of sp³-hybridized carbons (Fsp3) is 0.375. The van der Waals surface area contributed by atoms with Crippen molar-refractivity contribution in [1.29, 1.82) is 0 Å². The third-order valence-corrected chi connectivity index (χ3v) is 1.63. The molecule has 1 N–H and O–H groups in total. The molecule has 0 fully saturated rings. The maximum Gasteiger partial charge on any atom is 0.216 e. The van der Waals surface area contributed by atoms with Gasteiger partial charge in [-0.25, -0.2) is 4.98 Å². The largest absolute Gasteiger partial charge is 0.481 e. The molecule has 0 spiro atoms. The van der Waals surface area contributed by atoms with E-state index in [2.05, 4.69) is 4.98 Å². The SMILES string of the molecule is COc1nccc(CO)c1C. The number of nitrogens with zero attached hydrogens (tertiary/aromatic N) is 1. The Labute approximate surface area is 65.7 Å². The summed E-state index contributed by atoms with van der Waals surface area (Å²) in [5.41, 5.74) is 1.76. The first-order chi connectivity index (χ1) is 5.29. The van der Waals surface area contributed by atoms with Crippen LogP contribution in [0.3, 0.4) is 0 Å². The van der Waals surface area contributed by atoms with Crippen LogP contribution in [0.5, 0.6) is 5.88 Å². The molecule has 0 bridgehead atoms. The van der Waals surface area contributed by atoms with E-state index in [1.807, 2.05) is 6.92 Å². The van der Waals surface area contributed by atoms with Crippen LogP contribution >= 0.6 is 0 Å². The molecule has 0 unspecified atom stereocenters. The highest BCUT2D eigenvalue weighted by Crippen LogP contribution is 2.16. The summed E-state index contributed by atoms with van der Waals surface area (Å²) in [6.45, 7) is 1.90. The van der Waals surface area contributed by atoms with Crippen LogP contribution in [0.25, 0.3) is 0 Å². The van der Waals surface area contributed by atoms with Gasteiger partial charge in [-0.05, 0) is 18.6 Å². The topological polar surface area (TPSA) is 42.4 Å². The van der Waals surface area contributed by atoms with Crippen LogP contribution in [0, 0.1) is 6.92 Å². The smallest absolute Gasteiger partial charge is 0.216 e. The molecular formula is C8H11NO2. The van der Waals surface area contributed by atoms with Gasteiger partial charge in [0.15, 0.2) is 0 Å². The van der Waals surface area contributed by atoms with Gasteiger partial charge >= 0.3 is 0 Å². The van der Waals surface area contributed by atoms with Gasteiger partial charge in [-0.2, -0.15) is 0 Å². The van der Waals surface area contributed by atoms with Gasteiger partial charge < -0.3 is 9.84 Å². The average molecular weight is 153 g/mol. The molecule has 0 aromatic carbocycles. The Bertz CT molecular complexity index is 226. The minimum Gasteiger partial charge on any atom is -0.481 e. The zero-order chi connectivity index (χ0) is 8.27. The summed E-state index contributed by atoms with van der Waals surface area (Å²) in [6.07, 6.45) is 1.62. The Morgan fingerprint density at radius 1 is 1.64 bits per heavy atom. The fourth-order valence-electron chi connectivity index (χ4n) is 0.931. The standard InChI is InChI=1S/C8H11NO2/c1-6-7(5-10)3-4-9-8(6)11-2/h3-4,10H,5H2,1-2H3. The molecule has 3 heteroatoms. The maximum atomic E-state index is 8.86. The summed E-state index contributed by atoms with van der Waals surface area (Å²) in [5, 5.41) is 8.86. The lowest BCUT2D eigenvalue weighted by Gasteiger charge is -2.05. The monoisotopic (exact) mass is 153 g/mol. The van der Waals surface area contributed by atoms with Crippen LogP contribution in [-0.4, -0.2) is 17.2 Å². The lowest BCUT2D eigenvalue weighted by atomic mass is 10.2. The second kappa shape index (κ2) is 3.34. The highest BCUT2D eigenvalue weighted by atomic mass is 16.5. The minimum absolute atomic E-state index is 0.0325. The molecule has 0 amide bonds. The quantitative estimate of drug-likeness (QED) is 0.686. The van der Waals surface area contributed by atoms with Crippen molar-refractivity contribution in [2.45, 2.75) is 13.5 Å². The molecule has 1 aromatic heterocycles. The minimum atomic E-state index is 0.0325. The van der Waals surface area contributed by atoms with E-state index in [-0.39, 0.29) is 6.61 Å². The summed E-state index contributed by atoms with van der Waals surface area (Å²) < 4.78 is 4.97. The van der Waals surface area contributed by atoms with Crippen molar-refractivity contribution in [3.8, 4) is 5.88 Å². The van der Waals surface area contributed by atoms with Crippen molar-refractivity contribution < 1.29 is 9.84 Å². The Morgan fingerprint density at radius 3 is 2.91 bits per heavy atom. The molecule has 0 aliphatic heterocycles. The van der Waals surface area contributed by atoms with E-state index in [1.54, 1.807) is 19.4 Å². The number of hydrogen-bond donors (Lipinski definition) is 1. The van der Waals surface area contributed by atoms with Crippen LogP contribution in [0.1, 0.15) is 11.1 Å². The number of hydrogen-bond acceptors (Lipinski definition) is 3. The summed E-state index contributed by atoms with van der Waals surface area (Å²) >= 11 is 0. The van der Waals surface area contributed by atoms with E-state index >= 15 is 0 Å². The third kappa shape index (κ3) is 1.49. The lowest BCUT2D eigenvalue weighted by molar-refractivity contribution is 0.279. The molecule has 60 valence electrons. The molecule has 11 heavy (non-hydrogen) atoms. The molecule has 0 saturated heterocycles. The van der Waals surface area contributed by atoms with E-state index in [0.717, 1.165) is 11.1 Å². The number of pyridine rings is 1. The van der Waals surface area contributed by atoms with Crippen LogP contribution in [-0.2, 0) is 6.61 Å². The number of methoxy groups -OCH3 is 1. The highest BCUT2D eigenvalue weighted by molar-refractivity contribution is 5.32. The van der Waals surface area contributed by atoms with Crippen LogP contribution in [0.2, 0.25) is 0 Å². The Kier molecular flexibility index (Phi) is 2.44. The van der Waals surface area contributed by atoms with Gasteiger partial charge in [-0.15, -0.1) is 0 Å². The van der Waals surface area contributed by atoms with Crippen LogP contribution < -0.4 is 4.74 Å². The molecule has 0 aliphatic rings. The second-order valence-corrected chi connectivity index (χ2v) is 2.26. The molecule has 1 rings (SSSR count). The predicted octanol–water partition coefficient (Wildman–Crippen LogP) is 0.891. The van der Waals surface area contributed by atoms with Crippen LogP contribution in [0.15, 0.2) is 12.3 Å². The first-order valence-electron chi connectivity index (χ1n) is 3.39. The molecule has 0 radical (unpaired) electrons. The van der Waals surface area contributed by atoms with E-state index < -0.39 is 0 Å². The lowest BCUT2D eigenvalue weighted by Crippen LogP contribution is -1.95. The first-order valence-corrected chi connectivity index (χ1v) is 3.39. The van der Waals surface area contributed by atoms with Gasteiger partial charge in [-0.3, -0.25) is 0 Å². The van der Waals surface area contributed by atoms with Gasteiger partial charge in [0.2, 0.25) is 5.88 Å². The van der Waals surface area contributed by atoms with Crippen molar-refractivity contribution in [2.24, 2.45) is 0 Å². The van der Waals surface area contributed by atoms with E-state index in [0.29, 0.717) is 5.88 Å². The summed E-state index contributed by atoms with van der Waals surface area (Å²) in [5.74, 6) is 0.580. The van der Waals surface area contributed by atoms with E-state index in [4.69, 9.17) is 9.84 Å². The molecule has 3 nitrogen and oxygen atoms in total. The Balaban J connectivity index is 3.10. The van der Waals surface area contributed by atoms with Crippen molar-refractivity contribution >= 4 is 0 Å². The van der Waals surface area contributed by atoms with Gasteiger partial charge in [0.1, 0.15) is 0 Å². The van der Waals surface area contributed by atoms with Crippen molar-refractivity contribution in [2.75, 3.05) is 7.11 Å². The summed E-state index contributed by atoms with van der Waals surface area (Å²) in [4.78, 5) is 3.97. The predicted molar refractivity (Wildman–Crippen MR) is 41.4 cm³/mol. The zero-order valence-electron chi connectivity index (χ0n) is 6.66. The van der Waals surface area contributed by atoms with Crippen molar-refractivity contribution in [3.63, 3.8) is 0 Å². The number of rotatable bonds is 2. The first kappa shape index (κ1) is 8.01. The van der Waals surface area contributed by atoms with E-state index in [9.17, 15) is 0 Å². The summed E-state index contributed by atoms with van der Waals surface area (Å²) in [7, 11) is 1.57. The average Bonchev–Trinajstić information content (AvgIpc) is 2.05. The Morgan fingerprint density at radius 2 is 2.36 bits per heavy atom. The van der Waals surface area contributed by atoms with Crippen LogP contribution in [0.4, 0.5) is 0 Å². The maximum absolute atomic E-state index is 8.86. The molecular weight excluding hydrogens is 142 g/mol. The van der Waals surface area contributed by atoms with Gasteiger partial charge in [-0.1, -0.05) is 0 Å². The fourth-order valence-corrected chi connectivity index (χ4v) is 0.931. The third-order valence-electron chi connectivity index (χ3n) is 1.63. The number of aliphatic hydroxyl groups excluding tert-OH is 1. The molecule has 1 aromatic rings. The molecule has 0 aliphatic carbocycles. The number of aromatic nitrogens is 1. The molecule has 0 saturated carbocycles. The summed E-state index contributed by atoms with van der Waals surface area (Å²) in [6, 6.07) is 1.78. The van der Waals surface area contributed by atoms with E-state index in [1.165, 1.54) is 0 Å². The normalized spacial score (nSPS) is 9.73. The van der Waals surface area contributed by atoms with Gasteiger partial charge in [0, 0.05) is 11.8 Å². The zero-order valence-corrected chi connectivity index (χ0v) is 6.66.